The third-order valence-electron chi connectivity index (χ3n) is 7.20. The fourth-order valence-corrected chi connectivity index (χ4v) is 5.41. The van der Waals surface area contributed by atoms with Crippen LogP contribution in [-0.2, 0) is 0 Å². The normalized spacial score (nSPS) is 28.8. The zero-order valence-electron chi connectivity index (χ0n) is 16.8. The monoisotopic (exact) mass is 374 g/mol. The van der Waals surface area contributed by atoms with Gasteiger partial charge in [0.1, 0.15) is 0 Å². The van der Waals surface area contributed by atoms with Crippen LogP contribution < -0.4 is 0 Å². The van der Waals surface area contributed by atoms with Gasteiger partial charge in [-0.3, -0.25) is 0 Å². The van der Waals surface area contributed by atoms with E-state index < -0.39 is 11.6 Å². The van der Waals surface area contributed by atoms with Crippen molar-refractivity contribution in [3.63, 3.8) is 0 Å². The summed E-state index contributed by atoms with van der Waals surface area (Å²) in [6.45, 7) is 3.88. The third kappa shape index (κ3) is 6.16. The summed E-state index contributed by atoms with van der Waals surface area (Å²) in [6.07, 6.45) is 19.3. The molecule has 27 heavy (non-hydrogen) atoms. The van der Waals surface area contributed by atoms with Gasteiger partial charge in [0.15, 0.2) is 11.6 Å². The standard InChI is InChI=1S/C25H36F2/c1-2-5-19-8-10-20(11-9-19)6-3-4-7-21-12-14-22(15-13-21)23-16-17-24(26)25(27)18-23/h2,16-22H,1,3-15H2. The lowest BCUT2D eigenvalue weighted by Gasteiger charge is -2.30. The topological polar surface area (TPSA) is 0 Å². The average Bonchev–Trinajstić information content (AvgIpc) is 2.69. The van der Waals surface area contributed by atoms with Crippen LogP contribution in [0.2, 0.25) is 0 Å². The molecule has 0 amide bonds. The number of halogens is 2. The highest BCUT2D eigenvalue weighted by Crippen LogP contribution is 2.39. The highest BCUT2D eigenvalue weighted by molar-refractivity contribution is 5.22. The second-order valence-electron chi connectivity index (χ2n) is 9.09. The van der Waals surface area contributed by atoms with Crippen molar-refractivity contribution in [2.45, 2.75) is 89.4 Å². The molecule has 2 aliphatic carbocycles. The van der Waals surface area contributed by atoms with E-state index in [1.165, 1.54) is 82.8 Å². The number of allylic oxidation sites excluding steroid dienone is 1. The van der Waals surface area contributed by atoms with Crippen LogP contribution in [0.5, 0.6) is 0 Å². The van der Waals surface area contributed by atoms with Crippen LogP contribution in [0.3, 0.4) is 0 Å². The van der Waals surface area contributed by atoms with Crippen LogP contribution in [0, 0.1) is 29.4 Å². The molecule has 0 aliphatic heterocycles. The summed E-state index contributed by atoms with van der Waals surface area (Å²) in [5.41, 5.74) is 0.986. The van der Waals surface area contributed by atoms with E-state index in [2.05, 4.69) is 12.7 Å². The molecule has 2 aliphatic rings. The predicted molar refractivity (Wildman–Crippen MR) is 110 cm³/mol. The first-order chi connectivity index (χ1) is 13.2. The minimum atomic E-state index is -0.735. The average molecular weight is 375 g/mol. The fourth-order valence-electron chi connectivity index (χ4n) is 5.41. The molecule has 0 unspecified atom stereocenters. The van der Waals surface area contributed by atoms with E-state index >= 15 is 0 Å². The van der Waals surface area contributed by atoms with Crippen molar-refractivity contribution < 1.29 is 8.78 Å². The summed E-state index contributed by atoms with van der Waals surface area (Å²) in [5, 5.41) is 0. The SMILES string of the molecule is C=CCC1CCC(CCCCC2CCC(c3ccc(F)c(F)c3)CC2)CC1. The van der Waals surface area contributed by atoms with Gasteiger partial charge in [-0.05, 0) is 86.3 Å². The van der Waals surface area contributed by atoms with Crippen LogP contribution in [0.4, 0.5) is 8.78 Å². The van der Waals surface area contributed by atoms with Gasteiger partial charge < -0.3 is 0 Å². The van der Waals surface area contributed by atoms with Gasteiger partial charge in [0.05, 0.1) is 0 Å². The summed E-state index contributed by atoms with van der Waals surface area (Å²) >= 11 is 0. The van der Waals surface area contributed by atoms with Crippen LogP contribution in [0.25, 0.3) is 0 Å². The Bertz CT molecular complexity index is 578. The maximum Gasteiger partial charge on any atom is 0.159 e. The fraction of sp³-hybridized carbons (Fsp3) is 0.680. The molecule has 0 bridgehead atoms. The Morgan fingerprint density at radius 2 is 1.33 bits per heavy atom. The van der Waals surface area contributed by atoms with E-state index in [1.807, 2.05) is 0 Å². The van der Waals surface area contributed by atoms with Gasteiger partial charge >= 0.3 is 0 Å². The Hall–Kier alpha value is -1.18. The molecule has 2 saturated carbocycles. The van der Waals surface area contributed by atoms with Crippen molar-refractivity contribution in [1.29, 1.82) is 0 Å². The first-order valence-electron chi connectivity index (χ1n) is 11.2. The Morgan fingerprint density at radius 3 is 1.89 bits per heavy atom. The number of hydrogen-bond donors (Lipinski definition) is 0. The zero-order valence-corrected chi connectivity index (χ0v) is 16.8. The summed E-state index contributed by atoms with van der Waals surface area (Å²) in [6, 6.07) is 4.46. The largest absolute Gasteiger partial charge is 0.204 e. The lowest BCUT2D eigenvalue weighted by molar-refractivity contribution is 0.253. The lowest BCUT2D eigenvalue weighted by Crippen LogP contribution is -2.15. The number of unbranched alkanes of at least 4 members (excludes halogenated alkanes) is 1. The molecule has 0 radical (unpaired) electrons. The van der Waals surface area contributed by atoms with Gasteiger partial charge in [-0.1, -0.05) is 50.7 Å². The lowest BCUT2D eigenvalue weighted by atomic mass is 9.76. The minimum Gasteiger partial charge on any atom is -0.204 e. The molecule has 0 aromatic heterocycles. The Balaban J connectivity index is 1.29. The molecule has 0 saturated heterocycles. The van der Waals surface area contributed by atoms with Gasteiger partial charge in [0.25, 0.3) is 0 Å². The maximum absolute atomic E-state index is 13.5. The molecular weight excluding hydrogens is 338 g/mol. The van der Waals surface area contributed by atoms with E-state index in [-0.39, 0.29) is 0 Å². The summed E-state index contributed by atoms with van der Waals surface area (Å²) in [5.74, 6) is 1.70. The van der Waals surface area contributed by atoms with Crippen LogP contribution in [-0.4, -0.2) is 0 Å². The third-order valence-corrected chi connectivity index (χ3v) is 7.20. The summed E-state index contributed by atoms with van der Waals surface area (Å²) < 4.78 is 26.6. The second-order valence-corrected chi connectivity index (χ2v) is 9.09. The quantitative estimate of drug-likeness (QED) is 0.318. The van der Waals surface area contributed by atoms with Crippen molar-refractivity contribution in [3.8, 4) is 0 Å². The first kappa shape index (κ1) is 20.6. The maximum atomic E-state index is 13.5. The minimum absolute atomic E-state index is 0.419. The van der Waals surface area contributed by atoms with Gasteiger partial charge in [0.2, 0.25) is 0 Å². The van der Waals surface area contributed by atoms with Gasteiger partial charge in [-0.25, -0.2) is 8.78 Å². The first-order valence-corrected chi connectivity index (χ1v) is 11.2. The van der Waals surface area contributed by atoms with E-state index in [1.54, 1.807) is 6.07 Å². The molecule has 2 heteroatoms. The van der Waals surface area contributed by atoms with E-state index in [4.69, 9.17) is 0 Å². The molecular formula is C25H36F2. The van der Waals surface area contributed by atoms with Crippen LogP contribution >= 0.6 is 0 Å². The van der Waals surface area contributed by atoms with Crippen molar-refractivity contribution in [2.75, 3.05) is 0 Å². The molecule has 2 fully saturated rings. The zero-order chi connectivity index (χ0) is 19.1. The molecule has 0 spiro atoms. The van der Waals surface area contributed by atoms with E-state index in [9.17, 15) is 8.78 Å². The van der Waals surface area contributed by atoms with Gasteiger partial charge in [-0.2, -0.15) is 0 Å². The Labute approximate surface area is 164 Å². The summed E-state index contributed by atoms with van der Waals surface area (Å²) in [7, 11) is 0. The molecule has 0 atom stereocenters. The smallest absolute Gasteiger partial charge is 0.159 e. The molecule has 1 aromatic carbocycles. The number of benzene rings is 1. The van der Waals surface area contributed by atoms with E-state index in [0.717, 1.165) is 36.2 Å². The highest BCUT2D eigenvalue weighted by Gasteiger charge is 2.23. The highest BCUT2D eigenvalue weighted by atomic mass is 19.2. The van der Waals surface area contributed by atoms with Crippen LogP contribution in [0.1, 0.15) is 95.0 Å². The molecule has 1 aromatic rings. The Morgan fingerprint density at radius 1 is 0.778 bits per heavy atom. The van der Waals surface area contributed by atoms with Gasteiger partial charge in [-0.15, -0.1) is 6.58 Å². The van der Waals surface area contributed by atoms with Crippen molar-refractivity contribution >= 4 is 0 Å². The van der Waals surface area contributed by atoms with Gasteiger partial charge in [0, 0.05) is 0 Å². The summed E-state index contributed by atoms with van der Waals surface area (Å²) in [4.78, 5) is 0. The Kier molecular flexibility index (Phi) is 7.91. The molecule has 0 N–H and O–H groups in total. The predicted octanol–water partition coefficient (Wildman–Crippen LogP) is 8.18. The second kappa shape index (κ2) is 10.4. The molecule has 0 nitrogen and oxygen atoms in total. The van der Waals surface area contributed by atoms with Crippen molar-refractivity contribution in [2.24, 2.45) is 17.8 Å². The van der Waals surface area contributed by atoms with E-state index in [0.29, 0.717) is 5.92 Å². The molecule has 150 valence electrons. The van der Waals surface area contributed by atoms with Crippen LogP contribution in [0.15, 0.2) is 30.9 Å². The molecule has 0 heterocycles. The van der Waals surface area contributed by atoms with Crippen molar-refractivity contribution in [3.05, 3.63) is 48.1 Å². The van der Waals surface area contributed by atoms with Crippen molar-refractivity contribution in [1.82, 2.24) is 0 Å². The number of hydrogen-bond acceptors (Lipinski definition) is 0. The number of rotatable bonds is 8. The molecule has 3 rings (SSSR count).